The molecule has 23 heavy (non-hydrogen) atoms. The smallest absolute Gasteiger partial charge is 0.325 e. The average Bonchev–Trinajstić information content (AvgIpc) is 2.93. The van der Waals surface area contributed by atoms with Crippen molar-refractivity contribution in [3.8, 4) is 0 Å². The zero-order chi connectivity index (χ0) is 16.3. The quantitative estimate of drug-likeness (QED) is 0.845. The van der Waals surface area contributed by atoms with Crippen LogP contribution in [0.3, 0.4) is 0 Å². The van der Waals surface area contributed by atoms with E-state index >= 15 is 0 Å². The Bertz CT molecular complexity index is 627. The second-order valence-corrected chi connectivity index (χ2v) is 6.90. The molecule has 1 aromatic carbocycles. The van der Waals surface area contributed by atoms with Crippen LogP contribution >= 0.6 is 11.8 Å². The molecule has 1 aliphatic rings. The normalized spacial score (nSPS) is 19.9. The predicted molar refractivity (Wildman–Crippen MR) is 85.2 cm³/mol. The van der Waals surface area contributed by atoms with E-state index in [0.29, 0.717) is 17.6 Å². The van der Waals surface area contributed by atoms with Crippen molar-refractivity contribution >= 4 is 11.8 Å². The summed E-state index contributed by atoms with van der Waals surface area (Å²) in [6.45, 7) is 1.17. The molecule has 3 nitrogen and oxygen atoms in total. The minimum Gasteiger partial charge on any atom is -0.325 e. The van der Waals surface area contributed by atoms with Crippen LogP contribution in [0.25, 0.3) is 0 Å². The van der Waals surface area contributed by atoms with Crippen molar-refractivity contribution in [3.63, 3.8) is 0 Å². The predicted octanol–water partition coefficient (Wildman–Crippen LogP) is 3.74. The zero-order valence-electron chi connectivity index (χ0n) is 12.5. The lowest BCUT2D eigenvalue weighted by molar-refractivity contribution is -0.141. The Morgan fingerprint density at radius 1 is 1.22 bits per heavy atom. The molecule has 3 rings (SSSR count). The summed E-state index contributed by atoms with van der Waals surface area (Å²) in [5.41, 5.74) is 1.26. The highest BCUT2D eigenvalue weighted by Crippen LogP contribution is 2.33. The number of halogens is 3. The molecule has 1 aromatic heterocycles. The van der Waals surface area contributed by atoms with Crippen LogP contribution in [0.15, 0.2) is 42.7 Å². The molecule has 2 heterocycles. The third kappa shape index (κ3) is 4.51. The minimum absolute atomic E-state index is 0.357. The molecule has 124 valence electrons. The molecule has 1 atom stereocenters. The first-order valence-electron chi connectivity index (χ1n) is 7.47. The highest BCUT2D eigenvalue weighted by molar-refractivity contribution is 7.99. The van der Waals surface area contributed by atoms with Crippen LogP contribution in [0.2, 0.25) is 0 Å². The van der Waals surface area contributed by atoms with Crippen LogP contribution in [0.1, 0.15) is 16.6 Å². The summed E-state index contributed by atoms with van der Waals surface area (Å²) >= 11 is 1.90. The van der Waals surface area contributed by atoms with Gasteiger partial charge in [0, 0.05) is 36.5 Å². The van der Waals surface area contributed by atoms with Gasteiger partial charge >= 0.3 is 6.18 Å². The summed E-state index contributed by atoms with van der Waals surface area (Å²) in [6.07, 6.45) is -1.38. The Labute approximate surface area is 137 Å². The SMILES string of the molecule is FC(F)(F)Cn1ccnc1CN1CCS[C@@H](c2ccccc2)C1. The molecular weight excluding hydrogens is 323 g/mol. The number of hydrogen-bond acceptors (Lipinski definition) is 3. The van der Waals surface area contributed by atoms with Gasteiger partial charge in [-0.2, -0.15) is 24.9 Å². The van der Waals surface area contributed by atoms with Crippen molar-refractivity contribution in [2.75, 3.05) is 18.8 Å². The van der Waals surface area contributed by atoms with Crippen LogP contribution in [0.4, 0.5) is 13.2 Å². The number of imidazole rings is 1. The Morgan fingerprint density at radius 3 is 2.74 bits per heavy atom. The molecule has 2 aromatic rings. The fraction of sp³-hybridized carbons (Fsp3) is 0.438. The fourth-order valence-electron chi connectivity index (χ4n) is 2.74. The maximum atomic E-state index is 12.6. The zero-order valence-corrected chi connectivity index (χ0v) is 13.4. The Kier molecular flexibility index (Phi) is 4.96. The second kappa shape index (κ2) is 6.97. The van der Waals surface area contributed by atoms with E-state index in [4.69, 9.17) is 0 Å². The molecule has 0 bridgehead atoms. The standard InChI is InChI=1S/C16H18F3N3S/c17-16(18,19)12-22-7-6-20-15(22)11-21-8-9-23-14(10-21)13-4-2-1-3-5-13/h1-7,14H,8-12H2/t14-/m1/s1. The van der Waals surface area contributed by atoms with E-state index in [-0.39, 0.29) is 0 Å². The van der Waals surface area contributed by atoms with Crippen LogP contribution in [0, 0.1) is 0 Å². The summed E-state index contributed by atoms with van der Waals surface area (Å²) in [5.74, 6) is 1.44. The third-order valence-corrected chi connectivity index (χ3v) is 5.08. The summed E-state index contributed by atoms with van der Waals surface area (Å²) < 4.78 is 39.0. The second-order valence-electron chi connectivity index (χ2n) is 5.59. The highest BCUT2D eigenvalue weighted by atomic mass is 32.2. The maximum absolute atomic E-state index is 12.6. The van der Waals surface area contributed by atoms with Crippen molar-refractivity contribution in [2.24, 2.45) is 0 Å². The van der Waals surface area contributed by atoms with Crippen molar-refractivity contribution in [1.82, 2.24) is 14.5 Å². The molecule has 0 aliphatic carbocycles. The van der Waals surface area contributed by atoms with Gasteiger partial charge in [-0.05, 0) is 5.56 Å². The van der Waals surface area contributed by atoms with Gasteiger partial charge in [0.2, 0.25) is 0 Å². The van der Waals surface area contributed by atoms with Crippen LogP contribution in [0.5, 0.6) is 0 Å². The topological polar surface area (TPSA) is 21.1 Å². The summed E-state index contributed by atoms with van der Waals surface area (Å²) in [7, 11) is 0. The van der Waals surface area contributed by atoms with E-state index in [0.717, 1.165) is 18.8 Å². The molecule has 7 heteroatoms. The van der Waals surface area contributed by atoms with E-state index in [1.807, 2.05) is 30.0 Å². The molecule has 0 amide bonds. The van der Waals surface area contributed by atoms with Gasteiger partial charge in [0.15, 0.2) is 0 Å². The van der Waals surface area contributed by atoms with Gasteiger partial charge in [-0.15, -0.1) is 0 Å². The van der Waals surface area contributed by atoms with Gasteiger partial charge in [-0.25, -0.2) is 4.98 Å². The first-order chi connectivity index (χ1) is 11.0. The van der Waals surface area contributed by atoms with Gasteiger partial charge in [0.25, 0.3) is 0 Å². The van der Waals surface area contributed by atoms with Crippen LogP contribution < -0.4 is 0 Å². The van der Waals surface area contributed by atoms with Crippen LogP contribution in [-0.4, -0.2) is 39.5 Å². The van der Waals surface area contributed by atoms with E-state index in [2.05, 4.69) is 22.0 Å². The number of alkyl halides is 3. The summed E-state index contributed by atoms with van der Waals surface area (Å²) in [6, 6.07) is 10.2. The summed E-state index contributed by atoms with van der Waals surface area (Å²) in [5, 5.41) is 0.357. The first-order valence-corrected chi connectivity index (χ1v) is 8.52. The summed E-state index contributed by atoms with van der Waals surface area (Å²) in [4.78, 5) is 6.29. The maximum Gasteiger partial charge on any atom is 0.406 e. The number of benzene rings is 1. The molecule has 1 aliphatic heterocycles. The minimum atomic E-state index is -4.22. The lowest BCUT2D eigenvalue weighted by atomic mass is 10.1. The van der Waals surface area contributed by atoms with Gasteiger partial charge in [0.1, 0.15) is 12.4 Å². The lowest BCUT2D eigenvalue weighted by Crippen LogP contribution is -2.35. The van der Waals surface area contributed by atoms with E-state index in [9.17, 15) is 13.2 Å². The molecule has 1 fully saturated rings. The number of nitrogens with zero attached hydrogens (tertiary/aromatic N) is 3. The van der Waals surface area contributed by atoms with E-state index in [1.165, 1.54) is 22.5 Å². The third-order valence-electron chi connectivity index (χ3n) is 3.84. The molecule has 0 radical (unpaired) electrons. The molecule has 0 saturated carbocycles. The van der Waals surface area contributed by atoms with E-state index < -0.39 is 12.7 Å². The molecular formula is C16H18F3N3S. The van der Waals surface area contributed by atoms with E-state index in [1.54, 1.807) is 0 Å². The van der Waals surface area contributed by atoms with Crippen molar-refractivity contribution in [1.29, 1.82) is 0 Å². The molecule has 0 N–H and O–H groups in total. The van der Waals surface area contributed by atoms with Gasteiger partial charge in [-0.3, -0.25) is 4.90 Å². The Morgan fingerprint density at radius 2 is 2.00 bits per heavy atom. The molecule has 0 spiro atoms. The number of rotatable bonds is 4. The number of thioether (sulfide) groups is 1. The largest absolute Gasteiger partial charge is 0.406 e. The Hall–Kier alpha value is -1.47. The fourth-order valence-corrected chi connectivity index (χ4v) is 4.06. The van der Waals surface area contributed by atoms with Crippen LogP contribution in [-0.2, 0) is 13.1 Å². The van der Waals surface area contributed by atoms with Crippen molar-refractivity contribution < 1.29 is 13.2 Å². The van der Waals surface area contributed by atoms with Crippen molar-refractivity contribution in [2.45, 2.75) is 24.5 Å². The van der Waals surface area contributed by atoms with Crippen molar-refractivity contribution in [3.05, 3.63) is 54.1 Å². The number of hydrogen-bond donors (Lipinski definition) is 0. The average molecular weight is 341 g/mol. The first kappa shape index (κ1) is 16.4. The highest BCUT2D eigenvalue weighted by Gasteiger charge is 2.29. The Balaban J connectivity index is 1.66. The van der Waals surface area contributed by atoms with Gasteiger partial charge < -0.3 is 4.57 Å². The monoisotopic (exact) mass is 341 g/mol. The molecule has 1 saturated heterocycles. The molecule has 0 unspecified atom stereocenters. The van der Waals surface area contributed by atoms with Gasteiger partial charge in [0.05, 0.1) is 6.54 Å². The number of aromatic nitrogens is 2. The van der Waals surface area contributed by atoms with Gasteiger partial charge in [-0.1, -0.05) is 30.3 Å². The lowest BCUT2D eigenvalue weighted by Gasteiger charge is -2.32.